The lowest BCUT2D eigenvalue weighted by Crippen LogP contribution is -2.39. The fraction of sp³-hybridized carbons (Fsp3) is 0.342. The molecule has 0 amide bonds. The minimum atomic E-state index is -1.19. The number of benzene rings is 3. The Kier molecular flexibility index (Phi) is 13.0. The summed E-state index contributed by atoms with van der Waals surface area (Å²) in [6.07, 6.45) is 4.55. The quantitative estimate of drug-likeness (QED) is 0.109. The second kappa shape index (κ2) is 17.8. The van der Waals surface area contributed by atoms with Gasteiger partial charge in [-0.25, -0.2) is 0 Å². The van der Waals surface area contributed by atoms with Crippen molar-refractivity contribution in [3.63, 3.8) is 0 Å². The van der Waals surface area contributed by atoms with Gasteiger partial charge in [0.25, 0.3) is 0 Å². The molecule has 4 aromatic rings. The van der Waals surface area contributed by atoms with E-state index >= 15 is 0 Å². The molecule has 11 nitrogen and oxygen atoms in total. The van der Waals surface area contributed by atoms with Gasteiger partial charge in [-0.2, -0.15) is 5.26 Å². The molecular weight excluding hydrogens is 660 g/mol. The Balaban J connectivity index is 1.28. The van der Waals surface area contributed by atoms with Gasteiger partial charge in [0.05, 0.1) is 29.9 Å². The molecule has 0 aliphatic carbocycles. The van der Waals surface area contributed by atoms with E-state index in [-0.39, 0.29) is 25.9 Å². The van der Waals surface area contributed by atoms with Crippen molar-refractivity contribution in [3.8, 4) is 34.4 Å². The Hall–Kier alpha value is -4.70. The van der Waals surface area contributed by atoms with Gasteiger partial charge in [0.2, 0.25) is 0 Å². The normalized spacial score (nSPS) is 15.0. The summed E-state index contributed by atoms with van der Waals surface area (Å²) < 4.78 is 18.4. The topological polar surface area (TPSA) is 157 Å². The van der Waals surface area contributed by atoms with Crippen molar-refractivity contribution in [2.24, 2.45) is 0 Å². The van der Waals surface area contributed by atoms with Crippen LogP contribution < -0.4 is 19.5 Å². The van der Waals surface area contributed by atoms with Crippen LogP contribution in [0.15, 0.2) is 73.1 Å². The van der Waals surface area contributed by atoms with Gasteiger partial charge in [0.1, 0.15) is 42.6 Å². The highest BCUT2D eigenvalue weighted by Gasteiger charge is 2.20. The van der Waals surface area contributed by atoms with Crippen molar-refractivity contribution in [2.75, 3.05) is 32.8 Å². The van der Waals surface area contributed by atoms with E-state index in [2.05, 4.69) is 27.3 Å². The highest BCUT2D eigenvalue weighted by molar-refractivity contribution is 6.32. The van der Waals surface area contributed by atoms with Gasteiger partial charge >= 0.3 is 5.97 Å². The summed E-state index contributed by atoms with van der Waals surface area (Å²) in [4.78, 5) is 17.8. The van der Waals surface area contributed by atoms with Crippen LogP contribution in [-0.4, -0.2) is 76.2 Å². The Morgan fingerprint density at radius 3 is 2.66 bits per heavy atom. The van der Waals surface area contributed by atoms with E-state index in [1.54, 1.807) is 24.4 Å². The number of hydrogen-bond donors (Lipinski definition) is 4. The number of hydrogen-bond acceptors (Lipinski definition) is 10. The summed E-state index contributed by atoms with van der Waals surface area (Å²) in [5.41, 5.74) is 5.69. The standard InChI is InChI=1S/C38H41ClN4O7/c1-25-29(6-3-8-33(25)28-5-2-7-32(14-28)48-12-4-10-43-11-9-31(45)21-43)24-50-37-16-36(49-23-27-13-26(17-40)18-41-19-27)30(15-34(37)39)20-42-35(22-44)38(46)47/h2-3,5-8,13-16,18-19,31,35,42,44-45H,4,9-12,20-24H2,1H3,(H,46,47)/t31-,35?/m1/s1. The van der Waals surface area contributed by atoms with Crippen molar-refractivity contribution in [1.29, 1.82) is 5.26 Å². The zero-order chi connectivity index (χ0) is 35.5. The summed E-state index contributed by atoms with van der Waals surface area (Å²) in [6, 6.07) is 19.9. The molecule has 1 saturated heterocycles. The molecule has 4 N–H and O–H groups in total. The summed E-state index contributed by atoms with van der Waals surface area (Å²) in [5, 5.41) is 40.9. The minimum Gasteiger partial charge on any atom is -0.494 e. The number of aliphatic hydroxyl groups is 2. The molecule has 0 saturated carbocycles. The van der Waals surface area contributed by atoms with Crippen molar-refractivity contribution in [3.05, 3.63) is 106 Å². The second-order valence-corrected chi connectivity index (χ2v) is 12.6. The Morgan fingerprint density at radius 2 is 1.90 bits per heavy atom. The van der Waals surface area contributed by atoms with E-state index in [1.807, 2.05) is 43.3 Å². The summed E-state index contributed by atoms with van der Waals surface area (Å²) in [7, 11) is 0. The van der Waals surface area contributed by atoms with Gasteiger partial charge in [-0.1, -0.05) is 41.9 Å². The van der Waals surface area contributed by atoms with E-state index in [4.69, 9.17) is 25.8 Å². The first kappa shape index (κ1) is 36.6. The van der Waals surface area contributed by atoms with Crippen LogP contribution in [-0.2, 0) is 24.6 Å². The monoisotopic (exact) mass is 700 g/mol. The first-order chi connectivity index (χ1) is 24.2. The first-order valence-corrected chi connectivity index (χ1v) is 16.8. The van der Waals surface area contributed by atoms with Crippen molar-refractivity contribution in [2.45, 2.75) is 51.7 Å². The molecule has 50 heavy (non-hydrogen) atoms. The van der Waals surface area contributed by atoms with E-state index < -0.39 is 18.6 Å². The lowest BCUT2D eigenvalue weighted by molar-refractivity contribution is -0.140. The number of nitriles is 1. The number of rotatable bonds is 17. The smallest absolute Gasteiger partial charge is 0.323 e. The van der Waals surface area contributed by atoms with Crippen LogP contribution in [0.1, 0.15) is 40.7 Å². The molecule has 5 rings (SSSR count). The zero-order valence-corrected chi connectivity index (χ0v) is 28.6. The fourth-order valence-corrected chi connectivity index (χ4v) is 6.01. The molecule has 1 aliphatic rings. The number of carboxylic acid groups (broad SMARTS) is 1. The maximum atomic E-state index is 11.5. The number of aliphatic carboxylic acids is 1. The predicted octanol–water partition coefficient (Wildman–Crippen LogP) is 5.11. The van der Waals surface area contributed by atoms with E-state index in [0.717, 1.165) is 60.5 Å². The largest absolute Gasteiger partial charge is 0.494 e. The van der Waals surface area contributed by atoms with Gasteiger partial charge in [-0.15, -0.1) is 0 Å². The van der Waals surface area contributed by atoms with Gasteiger partial charge < -0.3 is 34.4 Å². The van der Waals surface area contributed by atoms with Crippen molar-refractivity contribution < 1.29 is 34.3 Å². The molecular formula is C38H41ClN4O7. The molecule has 1 fully saturated rings. The molecule has 0 bridgehead atoms. The number of β-amino-alcohol motifs (C(OH)–C–C–N with tert-alkyl or cyclic N) is 1. The molecule has 0 radical (unpaired) electrons. The third-order valence-corrected chi connectivity index (χ3v) is 8.86. The summed E-state index contributed by atoms with van der Waals surface area (Å²) in [5.74, 6) is 0.367. The number of nitrogens with zero attached hydrogens (tertiary/aromatic N) is 3. The molecule has 1 unspecified atom stereocenters. The van der Waals surface area contributed by atoms with Crippen molar-refractivity contribution in [1.82, 2.24) is 15.2 Å². The average molecular weight is 701 g/mol. The van der Waals surface area contributed by atoms with Crippen LogP contribution in [0.2, 0.25) is 5.02 Å². The first-order valence-electron chi connectivity index (χ1n) is 16.4. The molecule has 12 heteroatoms. The highest BCUT2D eigenvalue weighted by Crippen LogP contribution is 2.35. The average Bonchev–Trinajstić information content (AvgIpc) is 3.54. The maximum Gasteiger partial charge on any atom is 0.323 e. The van der Waals surface area contributed by atoms with Crippen LogP contribution >= 0.6 is 11.6 Å². The Morgan fingerprint density at radius 1 is 1.08 bits per heavy atom. The van der Waals surface area contributed by atoms with Crippen molar-refractivity contribution >= 4 is 17.6 Å². The summed E-state index contributed by atoms with van der Waals surface area (Å²) >= 11 is 6.67. The van der Waals surface area contributed by atoms with Crippen LogP contribution in [0.25, 0.3) is 11.1 Å². The summed E-state index contributed by atoms with van der Waals surface area (Å²) in [6.45, 7) is 4.97. The molecule has 3 aromatic carbocycles. The number of carbonyl (C=O) groups is 1. The third kappa shape index (κ3) is 9.94. The zero-order valence-electron chi connectivity index (χ0n) is 27.8. The maximum absolute atomic E-state index is 11.5. The van der Waals surface area contributed by atoms with Gasteiger partial charge in [0, 0.05) is 55.8 Å². The highest BCUT2D eigenvalue weighted by atomic mass is 35.5. The number of pyridine rings is 1. The van der Waals surface area contributed by atoms with E-state index in [1.165, 1.54) is 6.20 Å². The number of ether oxygens (including phenoxy) is 3. The molecule has 0 spiro atoms. The number of carboxylic acids is 1. The van der Waals surface area contributed by atoms with E-state index in [9.17, 15) is 25.4 Å². The second-order valence-electron chi connectivity index (χ2n) is 12.2. The van der Waals surface area contributed by atoms with Gasteiger partial charge in [0.15, 0.2) is 0 Å². The lowest BCUT2D eigenvalue weighted by atomic mass is 9.96. The number of aromatic nitrogens is 1. The minimum absolute atomic E-state index is 0.0514. The molecule has 2 heterocycles. The predicted molar refractivity (Wildman–Crippen MR) is 188 cm³/mol. The van der Waals surface area contributed by atoms with Crippen LogP contribution in [0.4, 0.5) is 0 Å². The van der Waals surface area contributed by atoms with Gasteiger partial charge in [-0.3, -0.25) is 15.1 Å². The third-order valence-electron chi connectivity index (χ3n) is 8.56. The number of aliphatic hydroxyl groups excluding tert-OH is 2. The molecule has 1 aromatic heterocycles. The van der Waals surface area contributed by atoms with Gasteiger partial charge in [-0.05, 0) is 66.3 Å². The van der Waals surface area contributed by atoms with Crippen LogP contribution in [0.3, 0.4) is 0 Å². The number of halogens is 1. The number of likely N-dealkylation sites (tertiary alicyclic amines) is 1. The van der Waals surface area contributed by atoms with Crippen LogP contribution in [0.5, 0.6) is 17.2 Å². The SMILES string of the molecule is Cc1c(COc2cc(OCc3cncc(C#N)c3)c(CNC(CO)C(=O)O)cc2Cl)cccc1-c1cccc(OCCCN2CC[C@@H](O)C2)c1. The fourth-order valence-electron chi connectivity index (χ4n) is 5.77. The number of nitrogens with one attached hydrogen (secondary N) is 1. The molecule has 262 valence electrons. The molecule has 2 atom stereocenters. The van der Waals surface area contributed by atoms with Crippen LogP contribution in [0, 0.1) is 18.3 Å². The Bertz CT molecular complexity index is 1810. The Labute approximate surface area is 296 Å². The van der Waals surface area contributed by atoms with E-state index in [0.29, 0.717) is 39.8 Å². The molecule has 1 aliphatic heterocycles. The lowest BCUT2D eigenvalue weighted by Gasteiger charge is -2.18.